The van der Waals surface area contributed by atoms with Crippen molar-refractivity contribution < 1.29 is 17.9 Å². The molecule has 0 radical (unpaired) electrons. The summed E-state index contributed by atoms with van der Waals surface area (Å²) in [4.78, 5) is 17.5. The van der Waals surface area contributed by atoms with Gasteiger partial charge in [-0.2, -0.15) is 0 Å². The van der Waals surface area contributed by atoms with Gasteiger partial charge >= 0.3 is 0 Å². The molecule has 0 spiro atoms. The summed E-state index contributed by atoms with van der Waals surface area (Å²) in [5.41, 5.74) is 1.68. The average Bonchev–Trinajstić information content (AvgIpc) is 2.72. The number of pyridine rings is 1. The van der Waals surface area contributed by atoms with Crippen LogP contribution in [0.4, 0.5) is 11.4 Å². The Kier molecular flexibility index (Phi) is 5.01. The van der Waals surface area contributed by atoms with Crippen molar-refractivity contribution in [1.29, 1.82) is 0 Å². The Morgan fingerprint density at radius 1 is 1.00 bits per heavy atom. The van der Waals surface area contributed by atoms with Crippen LogP contribution in [0.5, 0.6) is 5.75 Å². The number of aromatic nitrogens is 1. The van der Waals surface area contributed by atoms with E-state index in [-0.39, 0.29) is 11.6 Å². The Morgan fingerprint density at radius 2 is 1.77 bits per heavy atom. The number of rotatable bonds is 5. The summed E-state index contributed by atoms with van der Waals surface area (Å²) in [6.07, 6.45) is 2.69. The number of sulfonamides is 1. The molecule has 8 heteroatoms. The lowest BCUT2D eigenvalue weighted by Gasteiger charge is -2.13. The highest BCUT2D eigenvalue weighted by Gasteiger charge is 2.16. The monoisotopic (exact) mass is 421 g/mol. The predicted octanol–water partition coefficient (Wildman–Crippen LogP) is 4.02. The highest BCUT2D eigenvalue weighted by Crippen LogP contribution is 2.30. The van der Waals surface area contributed by atoms with Gasteiger partial charge in [-0.3, -0.25) is 14.5 Å². The standard InChI is InChI=1S/C22H19N3O4S/c1-29-20-10-9-15(13-19(20)25-30(2,27)28)24-22(26)18-12-14-6-3-4-7-16(14)17-8-5-11-23-21(17)18/h3-13,25H,1-2H3,(H,24,26). The summed E-state index contributed by atoms with van der Waals surface area (Å²) in [5.74, 6) is -0.00355. The van der Waals surface area contributed by atoms with Gasteiger partial charge in [-0.05, 0) is 41.1 Å². The highest BCUT2D eigenvalue weighted by molar-refractivity contribution is 7.92. The van der Waals surface area contributed by atoms with E-state index >= 15 is 0 Å². The Labute approximate surface area is 173 Å². The quantitative estimate of drug-likeness (QED) is 0.475. The van der Waals surface area contributed by atoms with Crippen LogP contribution in [0.2, 0.25) is 0 Å². The second kappa shape index (κ2) is 7.64. The van der Waals surface area contributed by atoms with Gasteiger partial charge in [-0.1, -0.05) is 30.3 Å². The molecule has 1 amide bonds. The lowest BCUT2D eigenvalue weighted by atomic mass is 10.0. The van der Waals surface area contributed by atoms with Crippen LogP contribution in [-0.2, 0) is 10.0 Å². The van der Waals surface area contributed by atoms with Crippen LogP contribution >= 0.6 is 0 Å². The van der Waals surface area contributed by atoms with Crippen LogP contribution in [0.25, 0.3) is 21.7 Å². The van der Waals surface area contributed by atoms with Crippen molar-refractivity contribution in [2.75, 3.05) is 23.4 Å². The molecular formula is C22H19N3O4S. The summed E-state index contributed by atoms with van der Waals surface area (Å²) >= 11 is 0. The maximum atomic E-state index is 13.1. The molecule has 0 saturated carbocycles. The third-order valence-electron chi connectivity index (χ3n) is 4.61. The van der Waals surface area contributed by atoms with Crippen LogP contribution in [0.3, 0.4) is 0 Å². The Balaban J connectivity index is 1.75. The topological polar surface area (TPSA) is 97.4 Å². The first-order valence-electron chi connectivity index (χ1n) is 9.09. The van der Waals surface area contributed by atoms with Crippen molar-refractivity contribution in [1.82, 2.24) is 4.98 Å². The zero-order valence-corrected chi connectivity index (χ0v) is 17.2. The number of carbonyl (C=O) groups excluding carboxylic acids is 1. The Bertz CT molecular complexity index is 1380. The van der Waals surface area contributed by atoms with Crippen molar-refractivity contribution in [3.63, 3.8) is 0 Å². The van der Waals surface area contributed by atoms with Gasteiger partial charge < -0.3 is 10.1 Å². The van der Waals surface area contributed by atoms with Crippen molar-refractivity contribution >= 4 is 49.0 Å². The minimum absolute atomic E-state index is 0.235. The van der Waals surface area contributed by atoms with E-state index in [0.717, 1.165) is 22.4 Å². The average molecular weight is 421 g/mol. The van der Waals surface area contributed by atoms with E-state index in [1.54, 1.807) is 24.4 Å². The molecule has 0 aliphatic carbocycles. The number of nitrogens with one attached hydrogen (secondary N) is 2. The number of ether oxygens (including phenoxy) is 1. The van der Waals surface area contributed by atoms with E-state index in [1.165, 1.54) is 13.2 Å². The zero-order valence-electron chi connectivity index (χ0n) is 16.3. The third-order valence-corrected chi connectivity index (χ3v) is 5.20. The van der Waals surface area contributed by atoms with Gasteiger partial charge in [0.25, 0.3) is 5.91 Å². The lowest BCUT2D eigenvalue weighted by Crippen LogP contribution is -2.14. The second-order valence-electron chi connectivity index (χ2n) is 6.79. The maximum Gasteiger partial charge on any atom is 0.257 e. The summed E-state index contributed by atoms with van der Waals surface area (Å²) in [7, 11) is -2.07. The fourth-order valence-electron chi connectivity index (χ4n) is 3.37. The van der Waals surface area contributed by atoms with E-state index in [9.17, 15) is 13.2 Å². The SMILES string of the molecule is COc1ccc(NC(=O)c2cc3ccccc3c3cccnc23)cc1NS(C)(=O)=O. The van der Waals surface area contributed by atoms with Gasteiger partial charge in [0.15, 0.2) is 0 Å². The second-order valence-corrected chi connectivity index (χ2v) is 8.54. The van der Waals surface area contributed by atoms with Gasteiger partial charge in [0.05, 0.1) is 30.1 Å². The summed E-state index contributed by atoms with van der Waals surface area (Å²) in [5, 5.41) is 5.65. The number of hydrogen-bond acceptors (Lipinski definition) is 5. The molecule has 0 aliphatic rings. The fraction of sp³-hybridized carbons (Fsp3) is 0.0909. The largest absolute Gasteiger partial charge is 0.495 e. The van der Waals surface area contributed by atoms with Crippen LogP contribution in [-0.4, -0.2) is 32.7 Å². The number of hydrogen-bond donors (Lipinski definition) is 2. The van der Waals surface area contributed by atoms with Crippen molar-refractivity contribution in [3.05, 3.63) is 72.4 Å². The van der Waals surface area contributed by atoms with Crippen LogP contribution < -0.4 is 14.8 Å². The first-order valence-corrected chi connectivity index (χ1v) is 11.0. The third kappa shape index (κ3) is 3.90. The molecule has 3 aromatic carbocycles. The van der Waals surface area contributed by atoms with Crippen LogP contribution in [0, 0.1) is 0 Å². The molecule has 0 bridgehead atoms. The summed E-state index contributed by atoms with van der Waals surface area (Å²) in [6.45, 7) is 0. The number of carbonyl (C=O) groups is 1. The number of benzene rings is 3. The van der Waals surface area contributed by atoms with Crippen LogP contribution in [0.1, 0.15) is 10.4 Å². The Hall–Kier alpha value is -3.65. The van der Waals surface area contributed by atoms with Crippen molar-refractivity contribution in [2.45, 2.75) is 0 Å². The van der Waals surface area contributed by atoms with E-state index in [4.69, 9.17) is 4.74 Å². The number of nitrogens with zero attached hydrogens (tertiary/aromatic N) is 1. The molecule has 0 fully saturated rings. The number of methoxy groups -OCH3 is 1. The van der Waals surface area contributed by atoms with Crippen molar-refractivity contribution in [3.8, 4) is 5.75 Å². The molecule has 4 rings (SSSR count). The van der Waals surface area contributed by atoms with Gasteiger partial charge in [-0.25, -0.2) is 8.42 Å². The smallest absolute Gasteiger partial charge is 0.257 e. The molecule has 0 atom stereocenters. The van der Waals surface area contributed by atoms with Gasteiger partial charge in [0, 0.05) is 17.3 Å². The molecule has 30 heavy (non-hydrogen) atoms. The first-order chi connectivity index (χ1) is 14.4. The van der Waals surface area contributed by atoms with Gasteiger partial charge in [0.1, 0.15) is 5.75 Å². The van der Waals surface area contributed by atoms with E-state index in [1.807, 2.05) is 36.4 Å². The van der Waals surface area contributed by atoms with Crippen LogP contribution in [0.15, 0.2) is 66.9 Å². The molecule has 152 valence electrons. The lowest BCUT2D eigenvalue weighted by molar-refractivity contribution is 0.102. The molecule has 2 N–H and O–H groups in total. The molecule has 0 unspecified atom stereocenters. The molecule has 0 aliphatic heterocycles. The van der Waals surface area contributed by atoms with Gasteiger partial charge in [0.2, 0.25) is 10.0 Å². The Morgan fingerprint density at radius 3 is 2.53 bits per heavy atom. The maximum absolute atomic E-state index is 13.1. The predicted molar refractivity (Wildman–Crippen MR) is 119 cm³/mol. The molecular weight excluding hydrogens is 402 g/mol. The molecule has 7 nitrogen and oxygen atoms in total. The minimum Gasteiger partial charge on any atom is -0.495 e. The van der Waals surface area contributed by atoms with Crippen molar-refractivity contribution in [2.24, 2.45) is 0 Å². The number of amides is 1. The fourth-order valence-corrected chi connectivity index (χ4v) is 3.93. The first kappa shape index (κ1) is 19.7. The van der Waals surface area contributed by atoms with Gasteiger partial charge in [-0.15, -0.1) is 0 Å². The number of fused-ring (bicyclic) bond motifs is 3. The molecule has 1 heterocycles. The molecule has 1 aromatic heterocycles. The van der Waals surface area contributed by atoms with E-state index < -0.39 is 10.0 Å². The normalized spacial score (nSPS) is 11.4. The van der Waals surface area contributed by atoms with E-state index in [0.29, 0.717) is 22.5 Å². The molecule has 4 aromatic rings. The minimum atomic E-state index is -3.51. The summed E-state index contributed by atoms with van der Waals surface area (Å²) in [6, 6.07) is 18.1. The number of anilines is 2. The summed E-state index contributed by atoms with van der Waals surface area (Å²) < 4.78 is 30.8. The molecule has 0 saturated heterocycles. The van der Waals surface area contributed by atoms with E-state index in [2.05, 4.69) is 15.0 Å². The highest BCUT2D eigenvalue weighted by atomic mass is 32.2. The zero-order chi connectivity index (χ0) is 21.3.